The van der Waals surface area contributed by atoms with Crippen molar-refractivity contribution in [2.24, 2.45) is 5.92 Å². The molecule has 0 radical (unpaired) electrons. The van der Waals surface area contributed by atoms with Gasteiger partial charge in [0.15, 0.2) is 0 Å². The lowest BCUT2D eigenvalue weighted by atomic mass is 9.92. The molecule has 0 unspecified atom stereocenters. The third-order valence-electron chi connectivity index (χ3n) is 5.26. The molecule has 2 aromatic rings. The number of piperidine rings is 1. The van der Waals surface area contributed by atoms with Crippen LogP contribution in [-0.2, 0) is 13.1 Å². The number of urea groups is 1. The number of nitrogens with one attached hydrogen (secondary N) is 2. The fourth-order valence-electron chi connectivity index (χ4n) is 3.59. The average Bonchev–Trinajstić information content (AvgIpc) is 2.72. The molecule has 2 amide bonds. The highest BCUT2D eigenvalue weighted by Gasteiger charge is 2.33. The van der Waals surface area contributed by atoms with Crippen molar-refractivity contribution in [3.05, 3.63) is 71.0 Å². The number of hydrogen-bond acceptors (Lipinski definition) is 2. The second kappa shape index (κ2) is 9.64. The van der Waals surface area contributed by atoms with Gasteiger partial charge in [-0.15, -0.1) is 0 Å². The largest absolute Gasteiger partial charge is 0.334 e. The number of hydrogen-bond donors (Lipinski definition) is 2. The van der Waals surface area contributed by atoms with Gasteiger partial charge in [-0.2, -0.15) is 0 Å². The number of alkyl halides is 1. The van der Waals surface area contributed by atoms with E-state index in [1.807, 2.05) is 31.2 Å². The number of rotatable bonds is 6. The summed E-state index contributed by atoms with van der Waals surface area (Å²) < 4.78 is 26.8. The second-order valence-corrected chi connectivity index (χ2v) is 7.37. The molecule has 0 saturated carbocycles. The molecular formula is C22H27F2N3O. The van der Waals surface area contributed by atoms with Gasteiger partial charge in [0.25, 0.3) is 0 Å². The highest BCUT2D eigenvalue weighted by atomic mass is 19.1. The van der Waals surface area contributed by atoms with Crippen molar-refractivity contribution in [2.75, 3.05) is 19.8 Å². The van der Waals surface area contributed by atoms with Crippen LogP contribution in [0.4, 0.5) is 13.6 Å². The zero-order valence-corrected chi connectivity index (χ0v) is 16.1. The maximum atomic E-state index is 13.6. The summed E-state index contributed by atoms with van der Waals surface area (Å²) in [6.45, 7) is 3.55. The molecule has 2 aromatic carbocycles. The molecule has 1 fully saturated rings. The molecule has 4 nitrogen and oxygen atoms in total. The van der Waals surface area contributed by atoms with Gasteiger partial charge < -0.3 is 15.5 Å². The Morgan fingerprint density at radius 3 is 2.50 bits per heavy atom. The van der Waals surface area contributed by atoms with E-state index in [1.54, 1.807) is 17.0 Å². The van der Waals surface area contributed by atoms with Gasteiger partial charge in [0.05, 0.1) is 6.67 Å². The molecule has 3 rings (SSSR count). The Kier molecular flexibility index (Phi) is 6.98. The van der Waals surface area contributed by atoms with Crippen LogP contribution in [0, 0.1) is 18.7 Å². The Morgan fingerprint density at radius 1 is 1.14 bits per heavy atom. The Balaban J connectivity index is 1.74. The Bertz CT molecular complexity index is 764. The normalized spacial score (nSPS) is 19.2. The van der Waals surface area contributed by atoms with Gasteiger partial charge in [-0.3, -0.25) is 4.39 Å². The van der Waals surface area contributed by atoms with Gasteiger partial charge in [0.2, 0.25) is 0 Å². The van der Waals surface area contributed by atoms with E-state index in [2.05, 4.69) is 10.6 Å². The molecule has 0 spiro atoms. The van der Waals surface area contributed by atoms with E-state index in [4.69, 9.17) is 0 Å². The highest BCUT2D eigenvalue weighted by Crippen LogP contribution is 2.22. The summed E-state index contributed by atoms with van der Waals surface area (Å²) in [4.78, 5) is 14.7. The Morgan fingerprint density at radius 2 is 1.82 bits per heavy atom. The van der Waals surface area contributed by atoms with E-state index in [0.717, 1.165) is 23.2 Å². The predicted octanol–water partition coefficient (Wildman–Crippen LogP) is 3.79. The van der Waals surface area contributed by atoms with Gasteiger partial charge in [-0.25, -0.2) is 9.18 Å². The first-order chi connectivity index (χ1) is 13.6. The maximum Gasteiger partial charge on any atom is 0.318 e. The van der Waals surface area contributed by atoms with Crippen LogP contribution in [0.5, 0.6) is 0 Å². The van der Waals surface area contributed by atoms with Gasteiger partial charge in [0.1, 0.15) is 5.82 Å². The SMILES string of the molecule is Cc1ccc(CNC(=O)N(Cc2ccc(F)cc2)[C@H]2CCNC[C@H]2CF)cc1. The lowest BCUT2D eigenvalue weighted by Gasteiger charge is -2.39. The molecule has 2 N–H and O–H groups in total. The molecule has 1 aliphatic rings. The van der Waals surface area contributed by atoms with Crippen LogP contribution in [0.1, 0.15) is 23.1 Å². The quantitative estimate of drug-likeness (QED) is 0.792. The van der Waals surface area contributed by atoms with E-state index < -0.39 is 6.67 Å². The summed E-state index contributed by atoms with van der Waals surface area (Å²) in [6, 6.07) is 13.6. The monoisotopic (exact) mass is 387 g/mol. The lowest BCUT2D eigenvalue weighted by molar-refractivity contribution is 0.108. The molecule has 1 heterocycles. The molecule has 6 heteroatoms. The van der Waals surface area contributed by atoms with E-state index in [-0.39, 0.29) is 23.8 Å². The molecular weight excluding hydrogens is 360 g/mol. The number of amides is 2. The average molecular weight is 387 g/mol. The van der Waals surface area contributed by atoms with Crippen LogP contribution in [0.3, 0.4) is 0 Å². The summed E-state index contributed by atoms with van der Waals surface area (Å²) in [5.41, 5.74) is 2.99. The van der Waals surface area contributed by atoms with Crippen molar-refractivity contribution in [1.82, 2.24) is 15.5 Å². The number of carbonyl (C=O) groups is 1. The number of nitrogens with zero attached hydrogens (tertiary/aromatic N) is 1. The number of carbonyl (C=O) groups excluding carboxylic acids is 1. The molecule has 0 aliphatic carbocycles. The van der Waals surface area contributed by atoms with E-state index in [0.29, 0.717) is 26.1 Å². The summed E-state index contributed by atoms with van der Waals surface area (Å²) in [5, 5.41) is 6.16. The zero-order valence-electron chi connectivity index (χ0n) is 16.1. The van der Waals surface area contributed by atoms with E-state index in [9.17, 15) is 13.6 Å². The minimum absolute atomic E-state index is 0.200. The van der Waals surface area contributed by atoms with E-state index >= 15 is 0 Å². The smallest absolute Gasteiger partial charge is 0.318 e. The number of halogens is 2. The molecule has 2 atom stereocenters. The van der Waals surface area contributed by atoms with Gasteiger partial charge in [-0.05, 0) is 43.1 Å². The molecule has 150 valence electrons. The maximum absolute atomic E-state index is 13.6. The van der Waals surface area contributed by atoms with Crippen LogP contribution < -0.4 is 10.6 Å². The minimum Gasteiger partial charge on any atom is -0.334 e. The molecule has 1 aliphatic heterocycles. The first-order valence-corrected chi connectivity index (χ1v) is 9.68. The highest BCUT2D eigenvalue weighted by molar-refractivity contribution is 5.74. The minimum atomic E-state index is -0.483. The van der Waals surface area contributed by atoms with E-state index in [1.165, 1.54) is 12.1 Å². The molecule has 28 heavy (non-hydrogen) atoms. The van der Waals surface area contributed by atoms with Crippen LogP contribution in [0.2, 0.25) is 0 Å². The van der Waals surface area contributed by atoms with Crippen LogP contribution in [0.15, 0.2) is 48.5 Å². The summed E-state index contributed by atoms with van der Waals surface area (Å²) in [5.74, 6) is -0.568. The fraction of sp³-hybridized carbons (Fsp3) is 0.409. The number of benzene rings is 2. The standard InChI is InChI=1S/C22H27F2N3O/c1-16-2-4-17(5-3-16)13-26-22(28)27(15-18-6-8-20(24)9-7-18)21-10-11-25-14-19(21)12-23/h2-9,19,21,25H,10-15H2,1H3,(H,26,28)/t19-,21+/m1/s1. The third-order valence-corrected chi connectivity index (χ3v) is 5.26. The third kappa shape index (κ3) is 5.29. The number of aryl methyl sites for hydroxylation is 1. The van der Waals surface area contributed by atoms with Crippen molar-refractivity contribution in [2.45, 2.75) is 32.5 Å². The Hall–Kier alpha value is -2.47. The van der Waals surface area contributed by atoms with Gasteiger partial charge >= 0.3 is 6.03 Å². The molecule has 0 bridgehead atoms. The van der Waals surface area contributed by atoms with Crippen LogP contribution >= 0.6 is 0 Å². The summed E-state index contributed by atoms with van der Waals surface area (Å²) in [6.07, 6.45) is 0.688. The fourth-order valence-corrected chi connectivity index (χ4v) is 3.59. The van der Waals surface area contributed by atoms with Crippen molar-refractivity contribution < 1.29 is 13.6 Å². The summed E-state index contributed by atoms with van der Waals surface area (Å²) in [7, 11) is 0. The van der Waals surface area contributed by atoms with Crippen molar-refractivity contribution in [3.63, 3.8) is 0 Å². The van der Waals surface area contributed by atoms with Crippen molar-refractivity contribution in [1.29, 1.82) is 0 Å². The first kappa shape index (κ1) is 20.3. The van der Waals surface area contributed by atoms with Crippen LogP contribution in [-0.4, -0.2) is 36.7 Å². The van der Waals surface area contributed by atoms with Crippen molar-refractivity contribution >= 4 is 6.03 Å². The first-order valence-electron chi connectivity index (χ1n) is 9.68. The van der Waals surface area contributed by atoms with Crippen LogP contribution in [0.25, 0.3) is 0 Å². The summed E-state index contributed by atoms with van der Waals surface area (Å²) >= 11 is 0. The zero-order chi connectivity index (χ0) is 19.9. The topological polar surface area (TPSA) is 44.4 Å². The molecule has 0 aromatic heterocycles. The second-order valence-electron chi connectivity index (χ2n) is 7.37. The van der Waals surface area contributed by atoms with Gasteiger partial charge in [0, 0.05) is 31.6 Å². The Labute approximate surface area is 164 Å². The van der Waals surface area contributed by atoms with Gasteiger partial charge in [-0.1, -0.05) is 42.0 Å². The van der Waals surface area contributed by atoms with Crippen molar-refractivity contribution in [3.8, 4) is 0 Å². The lowest BCUT2D eigenvalue weighted by Crippen LogP contribution is -2.54. The predicted molar refractivity (Wildman–Crippen MR) is 106 cm³/mol. The molecule has 1 saturated heterocycles.